The third kappa shape index (κ3) is 6.32. The maximum Gasteiger partial charge on any atom is 0.411 e. The number of carboxylic acids is 2. The number of likely N-dealkylation sites (tertiary alicyclic amines) is 1. The zero-order chi connectivity index (χ0) is 27.4. The van der Waals surface area contributed by atoms with Crippen LogP contribution in [0.15, 0.2) is 72.8 Å². The third-order valence-corrected chi connectivity index (χ3v) is 6.32. The first-order chi connectivity index (χ1) is 18.0. The molecule has 3 aromatic carbocycles. The lowest BCUT2D eigenvalue weighted by molar-refractivity contribution is -0.142. The van der Waals surface area contributed by atoms with E-state index in [1.807, 2.05) is 54.6 Å². The van der Waals surface area contributed by atoms with Gasteiger partial charge in [0.1, 0.15) is 24.0 Å². The van der Waals surface area contributed by atoms with Gasteiger partial charge in [0.15, 0.2) is 0 Å². The van der Waals surface area contributed by atoms with Crippen LogP contribution in [0, 0.1) is 0 Å². The van der Waals surface area contributed by atoms with Crippen molar-refractivity contribution in [3.05, 3.63) is 89.5 Å². The molecule has 8 heteroatoms. The standard InChI is InChI=1S/C30H31NO7/c1-30(2,3)38-29(36)31-13-12-25(26(31)28(34)35)22-15-23(27(32)33)17-24(16-22)37-18-19-8-7-11-21(14-19)20-9-5-4-6-10-20/h4-11,14-17,25-26H,12-13,18H2,1-3H3,(H,32,33)(H,34,35)/t25-,26+/m1/s1. The molecule has 0 saturated carbocycles. The fraction of sp³-hybridized carbons (Fsp3) is 0.300. The average molecular weight is 518 g/mol. The van der Waals surface area contributed by atoms with Crippen molar-refractivity contribution < 1.29 is 34.1 Å². The van der Waals surface area contributed by atoms with E-state index in [2.05, 4.69) is 0 Å². The van der Waals surface area contributed by atoms with E-state index < -0.39 is 35.6 Å². The highest BCUT2D eigenvalue weighted by atomic mass is 16.6. The molecule has 0 spiro atoms. The van der Waals surface area contributed by atoms with E-state index >= 15 is 0 Å². The van der Waals surface area contributed by atoms with Crippen LogP contribution in [0.3, 0.4) is 0 Å². The number of nitrogens with zero attached hydrogens (tertiary/aromatic N) is 1. The van der Waals surface area contributed by atoms with E-state index in [1.165, 1.54) is 17.0 Å². The first-order valence-electron chi connectivity index (χ1n) is 12.4. The highest BCUT2D eigenvalue weighted by Crippen LogP contribution is 2.37. The molecule has 0 aliphatic carbocycles. The van der Waals surface area contributed by atoms with E-state index in [0.29, 0.717) is 17.7 Å². The maximum atomic E-state index is 12.7. The second-order valence-corrected chi connectivity index (χ2v) is 10.3. The van der Waals surface area contributed by atoms with Crippen LogP contribution < -0.4 is 4.74 Å². The molecule has 2 atom stereocenters. The molecule has 1 saturated heterocycles. The quantitative estimate of drug-likeness (QED) is 0.407. The van der Waals surface area contributed by atoms with Crippen LogP contribution in [0.5, 0.6) is 5.75 Å². The summed E-state index contributed by atoms with van der Waals surface area (Å²) in [6.07, 6.45) is -0.366. The number of aromatic carboxylic acids is 1. The van der Waals surface area contributed by atoms with Crippen molar-refractivity contribution in [1.29, 1.82) is 0 Å². The van der Waals surface area contributed by atoms with Gasteiger partial charge >= 0.3 is 18.0 Å². The predicted octanol–water partition coefficient (Wildman–Crippen LogP) is 5.81. The number of carbonyl (C=O) groups excluding carboxylic acids is 1. The molecule has 1 aliphatic rings. The summed E-state index contributed by atoms with van der Waals surface area (Å²) in [5, 5.41) is 19.7. The number of carbonyl (C=O) groups is 3. The van der Waals surface area contributed by atoms with Crippen LogP contribution in [-0.4, -0.2) is 51.3 Å². The lowest BCUT2D eigenvalue weighted by Gasteiger charge is -2.28. The molecule has 198 valence electrons. The maximum absolute atomic E-state index is 12.7. The number of carboxylic acid groups (broad SMARTS) is 2. The number of rotatable bonds is 7. The van der Waals surface area contributed by atoms with Crippen LogP contribution in [0.4, 0.5) is 4.79 Å². The zero-order valence-corrected chi connectivity index (χ0v) is 21.6. The fourth-order valence-corrected chi connectivity index (χ4v) is 4.65. The number of aliphatic carboxylic acids is 1. The van der Waals surface area contributed by atoms with Gasteiger partial charge in [-0.1, -0.05) is 48.5 Å². The minimum atomic E-state index is -1.19. The molecule has 0 aromatic heterocycles. The van der Waals surface area contributed by atoms with E-state index in [9.17, 15) is 24.6 Å². The van der Waals surface area contributed by atoms with Crippen LogP contribution in [-0.2, 0) is 16.1 Å². The van der Waals surface area contributed by atoms with Crippen LogP contribution in [0.2, 0.25) is 0 Å². The minimum Gasteiger partial charge on any atom is -0.489 e. The topological polar surface area (TPSA) is 113 Å². The Morgan fingerprint density at radius 1 is 0.921 bits per heavy atom. The Kier molecular flexibility index (Phi) is 7.71. The van der Waals surface area contributed by atoms with Gasteiger partial charge in [-0.15, -0.1) is 0 Å². The Labute approximate surface area is 221 Å². The lowest BCUT2D eigenvalue weighted by atomic mass is 9.90. The molecule has 38 heavy (non-hydrogen) atoms. The second-order valence-electron chi connectivity index (χ2n) is 10.3. The summed E-state index contributed by atoms with van der Waals surface area (Å²) in [5.41, 5.74) is 2.69. The Morgan fingerprint density at radius 2 is 1.63 bits per heavy atom. The van der Waals surface area contributed by atoms with Gasteiger partial charge < -0.3 is 19.7 Å². The highest BCUT2D eigenvalue weighted by Gasteiger charge is 2.44. The minimum absolute atomic E-state index is 0.0182. The highest BCUT2D eigenvalue weighted by molar-refractivity contribution is 5.89. The van der Waals surface area contributed by atoms with Crippen molar-refractivity contribution >= 4 is 18.0 Å². The van der Waals surface area contributed by atoms with Gasteiger partial charge in [-0.2, -0.15) is 0 Å². The Morgan fingerprint density at radius 3 is 2.29 bits per heavy atom. The average Bonchev–Trinajstić information content (AvgIpc) is 3.33. The molecule has 0 radical (unpaired) electrons. The molecule has 3 aromatic rings. The number of ether oxygens (including phenoxy) is 2. The van der Waals surface area contributed by atoms with Crippen molar-refractivity contribution in [2.45, 2.75) is 51.4 Å². The zero-order valence-electron chi connectivity index (χ0n) is 21.6. The molecule has 1 fully saturated rings. The molecule has 1 amide bonds. The van der Waals surface area contributed by atoms with Crippen LogP contribution in [0.1, 0.15) is 54.6 Å². The van der Waals surface area contributed by atoms with Crippen LogP contribution >= 0.6 is 0 Å². The molecule has 4 rings (SSSR count). The summed E-state index contributed by atoms with van der Waals surface area (Å²) < 4.78 is 11.4. The molecule has 0 bridgehead atoms. The SMILES string of the molecule is CC(C)(C)OC(=O)N1CC[C@H](c2cc(OCc3cccc(-c4ccccc4)c3)cc(C(=O)O)c2)[C@H]1C(=O)O. The molecule has 8 nitrogen and oxygen atoms in total. The van der Waals surface area contributed by atoms with Crippen molar-refractivity contribution in [2.75, 3.05) is 6.54 Å². The smallest absolute Gasteiger partial charge is 0.411 e. The fourth-order valence-electron chi connectivity index (χ4n) is 4.65. The van der Waals surface area contributed by atoms with Gasteiger partial charge in [-0.25, -0.2) is 14.4 Å². The lowest BCUT2D eigenvalue weighted by Crippen LogP contribution is -2.45. The summed E-state index contributed by atoms with van der Waals surface area (Å²) in [6, 6.07) is 21.1. The van der Waals surface area contributed by atoms with Crippen LogP contribution in [0.25, 0.3) is 11.1 Å². The summed E-state index contributed by atoms with van der Waals surface area (Å²) >= 11 is 0. The predicted molar refractivity (Wildman–Crippen MR) is 141 cm³/mol. The molecule has 1 aliphatic heterocycles. The molecule has 1 heterocycles. The first kappa shape index (κ1) is 26.7. The van der Waals surface area contributed by atoms with Crippen molar-refractivity contribution in [3.8, 4) is 16.9 Å². The normalized spacial score (nSPS) is 17.2. The number of hydrogen-bond acceptors (Lipinski definition) is 5. The Bertz CT molecular complexity index is 1330. The number of benzene rings is 3. The summed E-state index contributed by atoms with van der Waals surface area (Å²) in [4.78, 5) is 38.0. The monoisotopic (exact) mass is 517 g/mol. The van der Waals surface area contributed by atoms with E-state index in [4.69, 9.17) is 9.47 Å². The molecule has 2 N–H and O–H groups in total. The molecular formula is C30H31NO7. The number of hydrogen-bond donors (Lipinski definition) is 2. The van der Waals surface area contributed by atoms with Crippen molar-refractivity contribution in [1.82, 2.24) is 4.90 Å². The summed E-state index contributed by atoms with van der Waals surface area (Å²) in [7, 11) is 0. The summed E-state index contributed by atoms with van der Waals surface area (Å²) in [5.74, 6) is -2.65. The third-order valence-electron chi connectivity index (χ3n) is 6.32. The summed E-state index contributed by atoms with van der Waals surface area (Å²) in [6.45, 7) is 5.51. The van der Waals surface area contributed by atoms with Gasteiger partial charge in [0.05, 0.1) is 5.56 Å². The van der Waals surface area contributed by atoms with Crippen molar-refractivity contribution in [3.63, 3.8) is 0 Å². The molecule has 0 unspecified atom stereocenters. The first-order valence-corrected chi connectivity index (χ1v) is 12.4. The Balaban J connectivity index is 1.58. The van der Waals surface area contributed by atoms with Crippen molar-refractivity contribution in [2.24, 2.45) is 0 Å². The number of amides is 1. The second kappa shape index (κ2) is 11.0. The van der Waals surface area contributed by atoms with Gasteiger partial charge in [-0.3, -0.25) is 4.90 Å². The van der Waals surface area contributed by atoms with E-state index in [-0.39, 0.29) is 18.7 Å². The van der Waals surface area contributed by atoms with Gasteiger partial charge in [0, 0.05) is 12.5 Å². The largest absolute Gasteiger partial charge is 0.489 e. The van der Waals surface area contributed by atoms with Gasteiger partial charge in [0.2, 0.25) is 0 Å². The van der Waals surface area contributed by atoms with E-state index in [0.717, 1.165) is 16.7 Å². The Hall–Kier alpha value is -4.33. The van der Waals surface area contributed by atoms with Gasteiger partial charge in [-0.05, 0) is 73.7 Å². The molecular weight excluding hydrogens is 486 g/mol. The van der Waals surface area contributed by atoms with Gasteiger partial charge in [0.25, 0.3) is 0 Å². The van der Waals surface area contributed by atoms with E-state index in [1.54, 1.807) is 26.8 Å².